The summed E-state index contributed by atoms with van der Waals surface area (Å²) >= 11 is 1.91. The van der Waals surface area contributed by atoms with Gasteiger partial charge in [-0.15, -0.1) is 11.3 Å². The van der Waals surface area contributed by atoms with Crippen molar-refractivity contribution in [2.24, 2.45) is 7.05 Å². The van der Waals surface area contributed by atoms with Crippen LogP contribution in [0.25, 0.3) is 10.4 Å². The zero-order chi connectivity index (χ0) is 15.4. The Morgan fingerprint density at radius 1 is 1.36 bits per heavy atom. The Bertz CT molecular complexity index is 583. The maximum atomic E-state index is 4.27. The summed E-state index contributed by atoms with van der Waals surface area (Å²) in [6.07, 6.45) is 7.82. The number of nitrogens with zero attached hydrogens (tertiary/aromatic N) is 3. The second-order valence-corrected chi connectivity index (χ2v) is 7.29. The lowest BCUT2D eigenvalue weighted by atomic mass is 10.0. The summed E-state index contributed by atoms with van der Waals surface area (Å²) in [5, 5.41) is 7.74. The van der Waals surface area contributed by atoms with Gasteiger partial charge in [0.25, 0.3) is 0 Å². The van der Waals surface area contributed by atoms with Gasteiger partial charge in [0.15, 0.2) is 0 Å². The number of hydrogen-bond acceptors (Lipinski definition) is 4. The Kier molecular flexibility index (Phi) is 5.28. The van der Waals surface area contributed by atoms with Gasteiger partial charge < -0.3 is 5.32 Å². The maximum Gasteiger partial charge on any atom is 0.0576 e. The Labute approximate surface area is 137 Å². The summed E-state index contributed by atoms with van der Waals surface area (Å²) in [6, 6.07) is 5.27. The number of thiophene rings is 1. The molecule has 1 fully saturated rings. The lowest BCUT2D eigenvalue weighted by molar-refractivity contribution is 0.155. The van der Waals surface area contributed by atoms with E-state index in [9.17, 15) is 0 Å². The van der Waals surface area contributed by atoms with Crippen molar-refractivity contribution in [1.82, 2.24) is 20.0 Å². The molecule has 0 spiro atoms. The average molecular weight is 318 g/mol. The summed E-state index contributed by atoms with van der Waals surface area (Å²) in [5.41, 5.74) is 1.22. The normalized spacial score (nSPS) is 16.5. The highest BCUT2D eigenvalue weighted by molar-refractivity contribution is 7.15. The molecular weight excluding hydrogens is 292 g/mol. The molecule has 2 aromatic rings. The van der Waals surface area contributed by atoms with Crippen molar-refractivity contribution in [1.29, 1.82) is 0 Å². The molecular formula is C17H26N4S. The number of piperidine rings is 1. The molecule has 3 heterocycles. The van der Waals surface area contributed by atoms with Gasteiger partial charge in [-0.2, -0.15) is 5.10 Å². The smallest absolute Gasteiger partial charge is 0.0576 e. The lowest BCUT2D eigenvalue weighted by Gasteiger charge is -2.34. The highest BCUT2D eigenvalue weighted by atomic mass is 32.1. The van der Waals surface area contributed by atoms with E-state index in [4.69, 9.17) is 0 Å². The highest BCUT2D eigenvalue weighted by Crippen LogP contribution is 2.29. The summed E-state index contributed by atoms with van der Waals surface area (Å²) in [7, 11) is 1.97. The van der Waals surface area contributed by atoms with Crippen molar-refractivity contribution < 1.29 is 0 Å². The third kappa shape index (κ3) is 3.77. The third-order valence-corrected chi connectivity index (χ3v) is 5.46. The van der Waals surface area contributed by atoms with Crippen LogP contribution in [0.5, 0.6) is 0 Å². The van der Waals surface area contributed by atoms with Gasteiger partial charge in [0.2, 0.25) is 0 Å². The fourth-order valence-corrected chi connectivity index (χ4v) is 4.22. The van der Waals surface area contributed by atoms with Crippen LogP contribution >= 0.6 is 11.3 Å². The zero-order valence-electron chi connectivity index (χ0n) is 13.6. The Hall–Kier alpha value is -1.17. The van der Waals surface area contributed by atoms with Crippen LogP contribution in [0.1, 0.15) is 31.1 Å². The molecule has 0 atom stereocenters. The molecule has 120 valence electrons. The molecule has 0 amide bonds. The Balaban J connectivity index is 1.68. The fraction of sp³-hybridized carbons (Fsp3) is 0.588. The standard InChI is InChI=1S/C17H26N4S/c1-3-10-21(15-6-8-18-9-7-15)13-16-4-5-17(22-16)14-11-19-20(2)12-14/h4-5,11-12,15,18H,3,6-10,13H2,1-2H3. The molecule has 0 bridgehead atoms. The van der Waals surface area contributed by atoms with Gasteiger partial charge in [-0.05, 0) is 51.0 Å². The molecule has 22 heavy (non-hydrogen) atoms. The maximum absolute atomic E-state index is 4.27. The van der Waals surface area contributed by atoms with Crippen molar-refractivity contribution in [3.63, 3.8) is 0 Å². The van der Waals surface area contributed by atoms with Crippen molar-refractivity contribution in [2.75, 3.05) is 19.6 Å². The van der Waals surface area contributed by atoms with E-state index in [2.05, 4.69) is 40.6 Å². The third-order valence-electron chi connectivity index (χ3n) is 4.35. The van der Waals surface area contributed by atoms with Crippen LogP contribution < -0.4 is 5.32 Å². The minimum atomic E-state index is 0.741. The fourth-order valence-electron chi connectivity index (χ4n) is 3.22. The molecule has 0 radical (unpaired) electrons. The number of hydrogen-bond donors (Lipinski definition) is 1. The van der Waals surface area contributed by atoms with Crippen molar-refractivity contribution in [3.8, 4) is 10.4 Å². The van der Waals surface area contributed by atoms with Crippen molar-refractivity contribution in [3.05, 3.63) is 29.4 Å². The first-order valence-corrected chi connectivity index (χ1v) is 9.10. The van der Waals surface area contributed by atoms with Crippen LogP contribution in [0.4, 0.5) is 0 Å². The van der Waals surface area contributed by atoms with E-state index in [1.54, 1.807) is 0 Å². The summed E-state index contributed by atoms with van der Waals surface area (Å²) in [5.74, 6) is 0. The molecule has 0 aromatic carbocycles. The first-order valence-electron chi connectivity index (χ1n) is 8.28. The van der Waals surface area contributed by atoms with Gasteiger partial charge in [0.05, 0.1) is 6.20 Å². The summed E-state index contributed by atoms with van der Waals surface area (Å²) in [4.78, 5) is 5.47. The first-order chi connectivity index (χ1) is 10.8. The van der Waals surface area contributed by atoms with E-state index in [0.29, 0.717) is 0 Å². The monoisotopic (exact) mass is 318 g/mol. The number of rotatable bonds is 6. The quantitative estimate of drug-likeness (QED) is 0.888. The van der Waals surface area contributed by atoms with E-state index >= 15 is 0 Å². The predicted molar refractivity (Wildman–Crippen MR) is 93.1 cm³/mol. The highest BCUT2D eigenvalue weighted by Gasteiger charge is 2.21. The van der Waals surface area contributed by atoms with Gasteiger partial charge in [-0.25, -0.2) is 0 Å². The van der Waals surface area contributed by atoms with E-state index in [1.807, 2.05) is 29.3 Å². The average Bonchev–Trinajstić information content (AvgIpc) is 3.17. The SMILES string of the molecule is CCCN(Cc1ccc(-c2cnn(C)c2)s1)C1CCNCC1. The molecule has 2 aromatic heterocycles. The molecule has 1 aliphatic heterocycles. The van der Waals surface area contributed by atoms with Crippen molar-refractivity contribution >= 4 is 11.3 Å². The molecule has 0 aliphatic carbocycles. The van der Waals surface area contributed by atoms with Crippen LogP contribution in [-0.2, 0) is 13.6 Å². The molecule has 0 unspecified atom stereocenters. The second kappa shape index (κ2) is 7.40. The Morgan fingerprint density at radius 3 is 2.86 bits per heavy atom. The molecule has 4 nitrogen and oxygen atoms in total. The van der Waals surface area contributed by atoms with Crippen LogP contribution in [0.15, 0.2) is 24.5 Å². The molecule has 1 aliphatic rings. The van der Waals surface area contributed by atoms with E-state index < -0.39 is 0 Å². The number of nitrogens with one attached hydrogen (secondary N) is 1. The molecule has 1 N–H and O–H groups in total. The van der Waals surface area contributed by atoms with E-state index in [1.165, 1.54) is 41.1 Å². The minimum absolute atomic E-state index is 0.741. The lowest BCUT2D eigenvalue weighted by Crippen LogP contribution is -2.42. The van der Waals surface area contributed by atoms with Crippen LogP contribution in [0.2, 0.25) is 0 Å². The Morgan fingerprint density at radius 2 is 2.18 bits per heavy atom. The van der Waals surface area contributed by atoms with E-state index in [-0.39, 0.29) is 0 Å². The van der Waals surface area contributed by atoms with Crippen LogP contribution in [-0.4, -0.2) is 40.4 Å². The van der Waals surface area contributed by atoms with Gasteiger partial charge >= 0.3 is 0 Å². The molecule has 3 rings (SSSR count). The van der Waals surface area contributed by atoms with Gasteiger partial charge in [-0.3, -0.25) is 9.58 Å². The second-order valence-electron chi connectivity index (χ2n) is 6.12. The van der Waals surface area contributed by atoms with Crippen LogP contribution in [0, 0.1) is 0 Å². The number of aryl methyl sites for hydroxylation is 1. The van der Waals surface area contributed by atoms with Crippen LogP contribution in [0.3, 0.4) is 0 Å². The summed E-state index contributed by atoms with van der Waals surface area (Å²) < 4.78 is 1.87. The largest absolute Gasteiger partial charge is 0.317 e. The molecule has 1 saturated heterocycles. The van der Waals surface area contributed by atoms with Crippen molar-refractivity contribution in [2.45, 2.75) is 38.8 Å². The topological polar surface area (TPSA) is 33.1 Å². The molecule has 0 saturated carbocycles. The summed E-state index contributed by atoms with van der Waals surface area (Å²) in [6.45, 7) is 6.89. The van der Waals surface area contributed by atoms with E-state index in [0.717, 1.165) is 25.7 Å². The molecule has 5 heteroatoms. The minimum Gasteiger partial charge on any atom is -0.317 e. The van der Waals surface area contributed by atoms with Gasteiger partial charge in [0.1, 0.15) is 0 Å². The predicted octanol–water partition coefficient (Wildman–Crippen LogP) is 3.11. The number of aromatic nitrogens is 2. The first kappa shape index (κ1) is 15.7. The van der Waals surface area contributed by atoms with Gasteiger partial charge in [-0.1, -0.05) is 6.92 Å². The van der Waals surface area contributed by atoms with Gasteiger partial charge in [0, 0.05) is 41.1 Å². The zero-order valence-corrected chi connectivity index (χ0v) is 14.4.